The van der Waals surface area contributed by atoms with Crippen LogP contribution in [0.3, 0.4) is 0 Å². The van der Waals surface area contributed by atoms with E-state index in [1.807, 2.05) is 37.3 Å². The molecule has 0 aliphatic heterocycles. The van der Waals surface area contributed by atoms with E-state index in [2.05, 4.69) is 10.3 Å². The number of aromatic nitrogens is 1. The fourth-order valence-electron chi connectivity index (χ4n) is 1.78. The molecule has 0 spiro atoms. The second-order valence-corrected chi connectivity index (χ2v) is 4.16. The van der Waals surface area contributed by atoms with Gasteiger partial charge in [-0.05, 0) is 19.1 Å². The first kappa shape index (κ1) is 13.8. The molecule has 0 fully saturated rings. The SMILES string of the molecule is CCOCCNCCOc1cnc2ccccc2c1. The van der Waals surface area contributed by atoms with Crippen molar-refractivity contribution >= 4 is 10.9 Å². The van der Waals surface area contributed by atoms with Gasteiger partial charge in [-0.3, -0.25) is 4.98 Å². The quantitative estimate of drug-likeness (QED) is 0.739. The van der Waals surface area contributed by atoms with E-state index in [1.165, 1.54) is 0 Å². The van der Waals surface area contributed by atoms with Crippen LogP contribution in [-0.4, -0.2) is 37.9 Å². The minimum absolute atomic E-state index is 0.631. The summed E-state index contributed by atoms with van der Waals surface area (Å²) < 4.78 is 10.9. The zero-order valence-electron chi connectivity index (χ0n) is 11.3. The minimum atomic E-state index is 0.631. The number of pyridine rings is 1. The van der Waals surface area contributed by atoms with Crippen LogP contribution < -0.4 is 10.1 Å². The van der Waals surface area contributed by atoms with Crippen LogP contribution in [0.5, 0.6) is 5.75 Å². The molecule has 0 radical (unpaired) electrons. The van der Waals surface area contributed by atoms with Crippen LogP contribution in [0.25, 0.3) is 10.9 Å². The molecule has 2 rings (SSSR count). The van der Waals surface area contributed by atoms with Gasteiger partial charge in [-0.25, -0.2) is 0 Å². The molecule has 1 aromatic heterocycles. The highest BCUT2D eigenvalue weighted by Crippen LogP contribution is 2.17. The predicted molar refractivity (Wildman–Crippen MR) is 76.6 cm³/mol. The Hall–Kier alpha value is -1.65. The molecule has 0 bridgehead atoms. The van der Waals surface area contributed by atoms with E-state index in [1.54, 1.807) is 6.20 Å². The number of benzene rings is 1. The Balaban J connectivity index is 1.72. The van der Waals surface area contributed by atoms with Crippen molar-refractivity contribution in [3.8, 4) is 5.75 Å². The van der Waals surface area contributed by atoms with Crippen molar-refractivity contribution in [1.82, 2.24) is 10.3 Å². The largest absolute Gasteiger partial charge is 0.491 e. The number of nitrogens with one attached hydrogen (secondary N) is 1. The Morgan fingerprint density at radius 1 is 1.16 bits per heavy atom. The van der Waals surface area contributed by atoms with Crippen molar-refractivity contribution in [3.63, 3.8) is 0 Å². The molecule has 1 aromatic carbocycles. The number of rotatable bonds is 8. The first-order valence-electron chi connectivity index (χ1n) is 6.66. The molecule has 0 atom stereocenters. The van der Waals surface area contributed by atoms with Crippen LogP contribution in [0.2, 0.25) is 0 Å². The van der Waals surface area contributed by atoms with E-state index in [-0.39, 0.29) is 0 Å². The summed E-state index contributed by atoms with van der Waals surface area (Å²) in [5.74, 6) is 0.810. The fraction of sp³-hybridized carbons (Fsp3) is 0.400. The first-order valence-corrected chi connectivity index (χ1v) is 6.66. The summed E-state index contributed by atoms with van der Waals surface area (Å²) in [7, 11) is 0. The van der Waals surface area contributed by atoms with Gasteiger partial charge in [0.05, 0.1) is 18.3 Å². The molecule has 0 amide bonds. The highest BCUT2D eigenvalue weighted by molar-refractivity contribution is 5.79. The topological polar surface area (TPSA) is 43.4 Å². The highest BCUT2D eigenvalue weighted by Gasteiger charge is 1.97. The molecule has 1 heterocycles. The molecule has 0 saturated heterocycles. The molecule has 19 heavy (non-hydrogen) atoms. The fourth-order valence-corrected chi connectivity index (χ4v) is 1.78. The van der Waals surface area contributed by atoms with Gasteiger partial charge in [0.25, 0.3) is 0 Å². The Morgan fingerprint density at radius 2 is 2.00 bits per heavy atom. The molecular formula is C15H20N2O2. The lowest BCUT2D eigenvalue weighted by atomic mass is 10.2. The van der Waals surface area contributed by atoms with Crippen LogP contribution in [0, 0.1) is 0 Å². The molecule has 0 aliphatic rings. The summed E-state index contributed by atoms with van der Waals surface area (Å²) in [6, 6.07) is 10.0. The summed E-state index contributed by atoms with van der Waals surface area (Å²) in [5, 5.41) is 4.36. The Kier molecular flexibility index (Phi) is 5.59. The number of nitrogens with zero attached hydrogens (tertiary/aromatic N) is 1. The molecule has 4 heteroatoms. The molecule has 102 valence electrons. The normalized spacial score (nSPS) is 10.8. The predicted octanol–water partition coefficient (Wildman–Crippen LogP) is 2.24. The van der Waals surface area contributed by atoms with Gasteiger partial charge in [-0.1, -0.05) is 18.2 Å². The maximum Gasteiger partial charge on any atom is 0.138 e. The summed E-state index contributed by atoms with van der Waals surface area (Å²) in [6.45, 7) is 5.80. The van der Waals surface area contributed by atoms with Crippen molar-refractivity contribution in [3.05, 3.63) is 36.5 Å². The minimum Gasteiger partial charge on any atom is -0.491 e. The van der Waals surface area contributed by atoms with Gasteiger partial charge in [0.1, 0.15) is 12.4 Å². The van der Waals surface area contributed by atoms with E-state index in [9.17, 15) is 0 Å². The van der Waals surface area contributed by atoms with E-state index in [4.69, 9.17) is 9.47 Å². The number of hydrogen-bond acceptors (Lipinski definition) is 4. The van der Waals surface area contributed by atoms with Crippen molar-refractivity contribution < 1.29 is 9.47 Å². The van der Waals surface area contributed by atoms with E-state index >= 15 is 0 Å². The summed E-state index contributed by atoms with van der Waals surface area (Å²) in [5.41, 5.74) is 0.990. The standard InChI is InChI=1S/C15H20N2O2/c1-2-18-9-7-16-8-10-19-14-11-13-5-3-4-6-15(13)17-12-14/h3-6,11-12,16H,2,7-10H2,1H3. The van der Waals surface area contributed by atoms with Crippen molar-refractivity contribution in [2.24, 2.45) is 0 Å². The summed E-state index contributed by atoms with van der Waals surface area (Å²) in [4.78, 5) is 4.36. The maximum atomic E-state index is 5.65. The van der Waals surface area contributed by atoms with E-state index in [0.29, 0.717) is 6.61 Å². The molecule has 2 aromatic rings. The summed E-state index contributed by atoms with van der Waals surface area (Å²) >= 11 is 0. The molecule has 1 N–H and O–H groups in total. The number of para-hydroxylation sites is 1. The monoisotopic (exact) mass is 260 g/mol. The highest BCUT2D eigenvalue weighted by atomic mass is 16.5. The van der Waals surface area contributed by atoms with Gasteiger partial charge in [-0.2, -0.15) is 0 Å². The molecule has 0 saturated carbocycles. The Morgan fingerprint density at radius 3 is 2.89 bits per heavy atom. The second-order valence-electron chi connectivity index (χ2n) is 4.16. The molecule has 0 unspecified atom stereocenters. The lowest BCUT2D eigenvalue weighted by Crippen LogP contribution is -2.25. The van der Waals surface area contributed by atoms with Crippen molar-refractivity contribution in [2.75, 3.05) is 32.9 Å². The van der Waals surface area contributed by atoms with Gasteiger partial charge < -0.3 is 14.8 Å². The Labute approximate surface area is 113 Å². The van der Waals surface area contributed by atoms with Crippen LogP contribution in [0.1, 0.15) is 6.92 Å². The molecule has 4 nitrogen and oxygen atoms in total. The number of ether oxygens (including phenoxy) is 2. The van der Waals surface area contributed by atoms with Gasteiger partial charge in [-0.15, -0.1) is 0 Å². The van der Waals surface area contributed by atoms with Gasteiger partial charge in [0.2, 0.25) is 0 Å². The van der Waals surface area contributed by atoms with E-state index in [0.717, 1.165) is 43.0 Å². The first-order chi connectivity index (χ1) is 9.40. The van der Waals surface area contributed by atoms with Crippen LogP contribution in [0.4, 0.5) is 0 Å². The average molecular weight is 260 g/mol. The zero-order valence-corrected chi connectivity index (χ0v) is 11.3. The third-order valence-corrected chi connectivity index (χ3v) is 2.74. The number of hydrogen-bond donors (Lipinski definition) is 1. The van der Waals surface area contributed by atoms with Gasteiger partial charge >= 0.3 is 0 Å². The average Bonchev–Trinajstić information content (AvgIpc) is 2.46. The van der Waals surface area contributed by atoms with Crippen LogP contribution in [-0.2, 0) is 4.74 Å². The second kappa shape index (κ2) is 7.71. The van der Waals surface area contributed by atoms with Gasteiger partial charge in [0.15, 0.2) is 0 Å². The van der Waals surface area contributed by atoms with Crippen LogP contribution in [0.15, 0.2) is 36.5 Å². The van der Waals surface area contributed by atoms with Gasteiger partial charge in [0, 0.05) is 25.1 Å². The van der Waals surface area contributed by atoms with Crippen molar-refractivity contribution in [2.45, 2.75) is 6.92 Å². The molecule has 0 aliphatic carbocycles. The van der Waals surface area contributed by atoms with Crippen molar-refractivity contribution in [1.29, 1.82) is 0 Å². The third-order valence-electron chi connectivity index (χ3n) is 2.74. The third kappa shape index (κ3) is 4.50. The lowest BCUT2D eigenvalue weighted by Gasteiger charge is -2.08. The maximum absolute atomic E-state index is 5.65. The summed E-state index contributed by atoms with van der Waals surface area (Å²) in [6.07, 6.45) is 1.77. The zero-order chi connectivity index (χ0) is 13.3. The number of fused-ring (bicyclic) bond motifs is 1. The smallest absolute Gasteiger partial charge is 0.138 e. The Bertz CT molecular complexity index is 502. The molecular weight excluding hydrogens is 240 g/mol. The lowest BCUT2D eigenvalue weighted by molar-refractivity contribution is 0.148. The van der Waals surface area contributed by atoms with Crippen LogP contribution >= 0.6 is 0 Å². The van der Waals surface area contributed by atoms with E-state index < -0.39 is 0 Å².